The van der Waals surface area contributed by atoms with E-state index in [-0.39, 0.29) is 5.97 Å². The molecule has 1 heterocycles. The van der Waals surface area contributed by atoms with E-state index in [4.69, 9.17) is 5.73 Å². The number of nitrogens with zero attached hydrogens (tertiary/aromatic N) is 1. The van der Waals surface area contributed by atoms with Crippen LogP contribution in [0.3, 0.4) is 0 Å². The lowest BCUT2D eigenvalue weighted by molar-refractivity contribution is 0.0598. The van der Waals surface area contributed by atoms with Crippen LogP contribution in [0.2, 0.25) is 0 Å². The third kappa shape index (κ3) is 2.09. The molecule has 5 heteroatoms. The van der Waals surface area contributed by atoms with Gasteiger partial charge in [-0.25, -0.2) is 9.78 Å². The first kappa shape index (κ1) is 10.2. The fraction of sp³-hybridized carbons (Fsp3) is 0.250. The van der Waals surface area contributed by atoms with Gasteiger partial charge in [0.1, 0.15) is 5.82 Å². The van der Waals surface area contributed by atoms with E-state index in [9.17, 15) is 4.79 Å². The molecule has 13 heavy (non-hydrogen) atoms. The molecule has 1 rings (SSSR count). The largest absolute Gasteiger partial charge is 0.465 e. The molecule has 0 aliphatic rings. The Morgan fingerprint density at radius 1 is 1.69 bits per heavy atom. The normalized spacial score (nSPS) is 9.77. The fourth-order valence-electron chi connectivity index (χ4n) is 1.00. The Hall–Kier alpha value is -0.850. The minimum atomic E-state index is -0.380. The van der Waals surface area contributed by atoms with Gasteiger partial charge in [0.25, 0.3) is 0 Å². The van der Waals surface area contributed by atoms with Crippen molar-refractivity contribution in [1.82, 2.24) is 4.98 Å². The number of nitrogen functional groups attached to an aromatic ring is 1. The summed E-state index contributed by atoms with van der Waals surface area (Å²) in [6, 6.07) is 1.64. The summed E-state index contributed by atoms with van der Waals surface area (Å²) in [6.07, 6.45) is 0. The number of rotatable bonds is 1. The summed E-state index contributed by atoms with van der Waals surface area (Å²) in [6.45, 7) is 1.73. The van der Waals surface area contributed by atoms with E-state index < -0.39 is 0 Å². The Labute approximate surface area is 89.6 Å². The first-order valence-electron chi connectivity index (χ1n) is 3.57. The number of ether oxygens (including phenoxy) is 1. The number of aromatic nitrogens is 1. The molecule has 1 aromatic rings. The molecule has 0 saturated carbocycles. The smallest absolute Gasteiger partial charge is 0.340 e. The molecule has 0 saturated heterocycles. The first-order valence-corrected chi connectivity index (χ1v) is 4.65. The second-order valence-electron chi connectivity index (χ2n) is 2.48. The molecule has 0 atom stereocenters. The Balaban J connectivity index is 3.28. The van der Waals surface area contributed by atoms with Crippen LogP contribution in [-0.4, -0.2) is 18.1 Å². The van der Waals surface area contributed by atoms with Crippen LogP contribution < -0.4 is 5.73 Å². The van der Waals surface area contributed by atoms with E-state index in [1.54, 1.807) is 13.0 Å². The van der Waals surface area contributed by atoms with Crippen molar-refractivity contribution in [3.63, 3.8) is 0 Å². The van der Waals surface area contributed by atoms with Crippen molar-refractivity contribution in [3.05, 3.63) is 20.9 Å². The van der Waals surface area contributed by atoms with Gasteiger partial charge >= 0.3 is 5.97 Å². The van der Waals surface area contributed by atoms with Crippen LogP contribution in [0.1, 0.15) is 16.1 Å². The van der Waals surface area contributed by atoms with E-state index in [0.717, 1.165) is 3.57 Å². The lowest BCUT2D eigenvalue weighted by atomic mass is 10.2. The van der Waals surface area contributed by atoms with Crippen molar-refractivity contribution < 1.29 is 9.53 Å². The van der Waals surface area contributed by atoms with Crippen LogP contribution in [0.15, 0.2) is 6.07 Å². The average Bonchev–Trinajstić information content (AvgIpc) is 2.02. The number of hydrogen-bond donors (Lipinski definition) is 1. The topological polar surface area (TPSA) is 65.2 Å². The van der Waals surface area contributed by atoms with Gasteiger partial charge < -0.3 is 10.5 Å². The molecule has 0 spiro atoms. The van der Waals surface area contributed by atoms with Crippen molar-refractivity contribution in [3.8, 4) is 0 Å². The minimum Gasteiger partial charge on any atom is -0.465 e. The summed E-state index contributed by atoms with van der Waals surface area (Å²) in [7, 11) is 1.34. The molecule has 0 aromatic carbocycles. The van der Waals surface area contributed by atoms with Crippen LogP contribution >= 0.6 is 22.6 Å². The summed E-state index contributed by atoms with van der Waals surface area (Å²) < 4.78 is 5.37. The predicted molar refractivity (Wildman–Crippen MR) is 57.4 cm³/mol. The predicted octanol–water partition coefficient (Wildman–Crippen LogP) is 1.36. The molecule has 2 N–H and O–H groups in total. The number of pyridine rings is 1. The van der Waals surface area contributed by atoms with Crippen LogP contribution in [0.25, 0.3) is 0 Å². The summed E-state index contributed by atoms with van der Waals surface area (Å²) >= 11 is 2.03. The van der Waals surface area contributed by atoms with Gasteiger partial charge in [0.2, 0.25) is 0 Å². The van der Waals surface area contributed by atoms with Crippen molar-refractivity contribution in [2.24, 2.45) is 0 Å². The Morgan fingerprint density at radius 2 is 2.31 bits per heavy atom. The fourth-order valence-corrected chi connectivity index (χ4v) is 1.93. The van der Waals surface area contributed by atoms with Gasteiger partial charge in [-0.3, -0.25) is 0 Å². The highest BCUT2D eigenvalue weighted by Gasteiger charge is 2.14. The van der Waals surface area contributed by atoms with Crippen LogP contribution in [0.4, 0.5) is 5.82 Å². The second-order valence-corrected chi connectivity index (χ2v) is 3.64. The van der Waals surface area contributed by atoms with Crippen molar-refractivity contribution in [1.29, 1.82) is 0 Å². The molecule has 0 fully saturated rings. The maximum atomic E-state index is 11.3. The third-order valence-electron chi connectivity index (χ3n) is 1.56. The number of carbonyl (C=O) groups is 1. The maximum Gasteiger partial charge on any atom is 0.340 e. The SMILES string of the molecule is COC(=O)c1c(I)cc(N)nc1C. The summed E-state index contributed by atoms with van der Waals surface area (Å²) in [5, 5.41) is 0. The number of halogens is 1. The van der Waals surface area contributed by atoms with E-state index in [2.05, 4.69) is 9.72 Å². The molecule has 0 bridgehead atoms. The molecule has 0 unspecified atom stereocenters. The standard InChI is InChI=1S/C8H9IN2O2/c1-4-7(8(12)13-2)5(9)3-6(10)11-4/h3H,1-2H3,(H2,10,11). The van der Waals surface area contributed by atoms with Gasteiger partial charge in [0.15, 0.2) is 0 Å². The van der Waals surface area contributed by atoms with Crippen molar-refractivity contribution in [2.75, 3.05) is 12.8 Å². The average molecular weight is 292 g/mol. The number of nitrogens with two attached hydrogens (primary N) is 1. The number of anilines is 1. The number of hydrogen-bond acceptors (Lipinski definition) is 4. The quantitative estimate of drug-likeness (QED) is 0.627. The number of methoxy groups -OCH3 is 1. The highest BCUT2D eigenvalue weighted by Crippen LogP contribution is 2.18. The lowest BCUT2D eigenvalue weighted by Gasteiger charge is -2.06. The molecule has 70 valence electrons. The zero-order valence-corrected chi connectivity index (χ0v) is 9.45. The number of aryl methyl sites for hydroxylation is 1. The molecule has 0 amide bonds. The van der Waals surface area contributed by atoms with Gasteiger partial charge in [0, 0.05) is 3.57 Å². The summed E-state index contributed by atoms with van der Waals surface area (Å²) in [4.78, 5) is 15.2. The Morgan fingerprint density at radius 3 is 2.77 bits per heavy atom. The second kappa shape index (κ2) is 3.91. The van der Waals surface area contributed by atoms with Gasteiger partial charge in [-0.05, 0) is 35.6 Å². The maximum absolute atomic E-state index is 11.3. The molecular formula is C8H9IN2O2. The van der Waals surface area contributed by atoms with Crippen LogP contribution in [0, 0.1) is 10.5 Å². The first-order chi connectivity index (χ1) is 6.06. The molecule has 0 radical (unpaired) electrons. The molecule has 0 aliphatic heterocycles. The third-order valence-corrected chi connectivity index (χ3v) is 2.41. The number of esters is 1. The van der Waals surface area contributed by atoms with Gasteiger partial charge in [-0.1, -0.05) is 0 Å². The van der Waals surface area contributed by atoms with Gasteiger partial charge in [0.05, 0.1) is 18.4 Å². The molecule has 4 nitrogen and oxygen atoms in total. The highest BCUT2D eigenvalue weighted by molar-refractivity contribution is 14.1. The van der Waals surface area contributed by atoms with Gasteiger partial charge in [-0.15, -0.1) is 0 Å². The summed E-state index contributed by atoms with van der Waals surface area (Å²) in [5.41, 5.74) is 6.58. The zero-order valence-electron chi connectivity index (χ0n) is 7.30. The molecule has 1 aromatic heterocycles. The number of carbonyl (C=O) groups excluding carboxylic acids is 1. The van der Waals surface area contributed by atoms with Gasteiger partial charge in [-0.2, -0.15) is 0 Å². The summed E-state index contributed by atoms with van der Waals surface area (Å²) in [5.74, 6) is 0.0314. The Kier molecular flexibility index (Phi) is 3.07. The van der Waals surface area contributed by atoms with E-state index in [1.807, 2.05) is 22.6 Å². The highest BCUT2D eigenvalue weighted by atomic mass is 127. The molecule has 0 aliphatic carbocycles. The van der Waals surface area contributed by atoms with Crippen molar-refractivity contribution in [2.45, 2.75) is 6.92 Å². The van der Waals surface area contributed by atoms with E-state index in [1.165, 1.54) is 7.11 Å². The van der Waals surface area contributed by atoms with Crippen LogP contribution in [0.5, 0.6) is 0 Å². The zero-order chi connectivity index (χ0) is 10.0. The van der Waals surface area contributed by atoms with E-state index in [0.29, 0.717) is 17.1 Å². The monoisotopic (exact) mass is 292 g/mol. The lowest BCUT2D eigenvalue weighted by Crippen LogP contribution is -2.09. The minimum absolute atomic E-state index is 0.380. The molecular weight excluding hydrogens is 283 g/mol. The van der Waals surface area contributed by atoms with E-state index >= 15 is 0 Å². The van der Waals surface area contributed by atoms with Crippen LogP contribution in [-0.2, 0) is 4.74 Å². The van der Waals surface area contributed by atoms with Crippen molar-refractivity contribution >= 4 is 34.4 Å². The Bertz CT molecular complexity index is 329.